The molecule has 0 aliphatic heterocycles. The largest absolute Gasteiger partial charge is 0.504 e. The molecule has 0 spiro atoms. The third-order valence-electron chi connectivity index (χ3n) is 3.78. The van der Waals surface area contributed by atoms with Gasteiger partial charge in [0.15, 0.2) is 17.3 Å². The first-order chi connectivity index (χ1) is 11.5. The molecular formula is C19H15BrO4. The number of phenolic OH excluding ortho intramolecular Hbond substituents is 1. The van der Waals surface area contributed by atoms with Crippen molar-refractivity contribution in [2.45, 2.75) is 6.92 Å². The third kappa shape index (κ3) is 2.95. The number of ether oxygens (including phenoxy) is 1. The average Bonchev–Trinajstić information content (AvgIpc) is 2.91. The van der Waals surface area contributed by atoms with Gasteiger partial charge < -0.3 is 14.3 Å². The second-order valence-corrected chi connectivity index (χ2v) is 6.15. The highest BCUT2D eigenvalue weighted by Crippen LogP contribution is 2.33. The van der Waals surface area contributed by atoms with Gasteiger partial charge in [0.1, 0.15) is 5.58 Å². The smallest absolute Gasteiger partial charge is 0.221 e. The predicted octanol–water partition coefficient (Wildman–Crippen LogP) is 5.11. The van der Waals surface area contributed by atoms with Gasteiger partial charge >= 0.3 is 0 Å². The second kappa shape index (κ2) is 6.53. The summed E-state index contributed by atoms with van der Waals surface area (Å²) in [6.07, 6.45) is 3.10. The second-order valence-electron chi connectivity index (χ2n) is 5.30. The Labute approximate surface area is 147 Å². The molecule has 3 aromatic rings. The fraction of sp³-hybridized carbons (Fsp3) is 0.105. The van der Waals surface area contributed by atoms with Gasteiger partial charge in [-0.15, -0.1) is 0 Å². The van der Waals surface area contributed by atoms with Crippen LogP contribution in [0.15, 0.2) is 51.4 Å². The number of halogens is 1. The monoisotopic (exact) mass is 386 g/mol. The molecule has 1 N–H and O–H groups in total. The van der Waals surface area contributed by atoms with Crippen molar-refractivity contribution in [1.82, 2.24) is 0 Å². The Morgan fingerprint density at radius 3 is 2.75 bits per heavy atom. The zero-order valence-electron chi connectivity index (χ0n) is 13.2. The number of aromatic hydroxyl groups is 1. The summed E-state index contributed by atoms with van der Waals surface area (Å²) in [6.45, 7) is 1.87. The van der Waals surface area contributed by atoms with Crippen molar-refractivity contribution in [2.24, 2.45) is 0 Å². The van der Waals surface area contributed by atoms with E-state index in [0.717, 1.165) is 10.9 Å². The van der Waals surface area contributed by atoms with Crippen LogP contribution >= 0.6 is 15.9 Å². The maximum Gasteiger partial charge on any atom is 0.221 e. The molecule has 0 unspecified atom stereocenters. The quantitative estimate of drug-likeness (QED) is 0.499. The Hall–Kier alpha value is -2.53. The highest BCUT2D eigenvalue weighted by Gasteiger charge is 2.15. The van der Waals surface area contributed by atoms with Crippen LogP contribution in [0.1, 0.15) is 21.7 Å². The zero-order chi connectivity index (χ0) is 17.3. The van der Waals surface area contributed by atoms with Gasteiger partial charge in [-0.25, -0.2) is 0 Å². The SMILES string of the molecule is COc1cc(/C=C/C(=O)c2oc3ccccc3c2C)c(Br)cc1O. The highest BCUT2D eigenvalue weighted by molar-refractivity contribution is 9.10. The summed E-state index contributed by atoms with van der Waals surface area (Å²) < 4.78 is 11.4. The number of allylic oxidation sites excluding steroid dienone is 1. The minimum absolute atomic E-state index is 0.0287. The van der Waals surface area contributed by atoms with Crippen molar-refractivity contribution >= 4 is 38.8 Å². The molecule has 0 radical (unpaired) electrons. The van der Waals surface area contributed by atoms with Crippen LogP contribution in [0.2, 0.25) is 0 Å². The van der Waals surface area contributed by atoms with Crippen molar-refractivity contribution in [3.8, 4) is 11.5 Å². The Morgan fingerprint density at radius 2 is 2.04 bits per heavy atom. The molecule has 0 saturated heterocycles. The lowest BCUT2D eigenvalue weighted by Crippen LogP contribution is -1.94. The number of methoxy groups -OCH3 is 1. The van der Waals surface area contributed by atoms with Crippen LogP contribution in [-0.2, 0) is 0 Å². The molecule has 0 atom stereocenters. The topological polar surface area (TPSA) is 59.7 Å². The Balaban J connectivity index is 1.94. The highest BCUT2D eigenvalue weighted by atomic mass is 79.9. The number of furan rings is 1. The molecule has 0 aliphatic rings. The number of carbonyl (C=O) groups excluding carboxylic acids is 1. The number of fused-ring (bicyclic) bond motifs is 1. The lowest BCUT2D eigenvalue weighted by atomic mass is 10.1. The van der Waals surface area contributed by atoms with Gasteiger partial charge in [-0.1, -0.05) is 34.1 Å². The number of carbonyl (C=O) groups is 1. The maximum absolute atomic E-state index is 12.5. The van der Waals surface area contributed by atoms with Crippen LogP contribution in [0.4, 0.5) is 0 Å². The van der Waals surface area contributed by atoms with Crippen LogP contribution < -0.4 is 4.74 Å². The number of para-hydroxylation sites is 1. The molecule has 3 rings (SSSR count). The minimum atomic E-state index is -0.220. The predicted molar refractivity (Wildman–Crippen MR) is 96.7 cm³/mol. The molecule has 2 aromatic carbocycles. The summed E-state index contributed by atoms with van der Waals surface area (Å²) >= 11 is 3.36. The number of aryl methyl sites for hydroxylation is 1. The normalized spacial score (nSPS) is 11.3. The maximum atomic E-state index is 12.5. The number of rotatable bonds is 4. The van der Waals surface area contributed by atoms with Gasteiger partial charge in [0, 0.05) is 15.4 Å². The standard InChI is InChI=1S/C19H15BrO4/c1-11-13-5-3-4-6-17(13)24-19(11)15(21)8-7-12-9-18(23-2)16(22)10-14(12)20/h3-10,22H,1-2H3/b8-7+. The van der Waals surface area contributed by atoms with E-state index in [4.69, 9.17) is 9.15 Å². The van der Waals surface area contributed by atoms with E-state index in [0.29, 0.717) is 27.1 Å². The molecule has 0 bridgehead atoms. The van der Waals surface area contributed by atoms with E-state index in [2.05, 4.69) is 15.9 Å². The third-order valence-corrected chi connectivity index (χ3v) is 4.47. The number of hydrogen-bond donors (Lipinski definition) is 1. The van der Waals surface area contributed by atoms with Crippen LogP contribution in [0, 0.1) is 6.92 Å². The molecule has 24 heavy (non-hydrogen) atoms. The fourth-order valence-corrected chi connectivity index (χ4v) is 2.96. The summed E-state index contributed by atoms with van der Waals surface area (Å²) in [5.74, 6) is 0.475. The van der Waals surface area contributed by atoms with Gasteiger partial charge in [0.05, 0.1) is 7.11 Å². The number of hydrogen-bond acceptors (Lipinski definition) is 4. The first kappa shape index (κ1) is 16.3. The molecule has 0 saturated carbocycles. The van der Waals surface area contributed by atoms with E-state index in [1.54, 1.807) is 12.1 Å². The van der Waals surface area contributed by atoms with Crippen molar-refractivity contribution in [3.63, 3.8) is 0 Å². The van der Waals surface area contributed by atoms with Crippen LogP contribution in [-0.4, -0.2) is 18.0 Å². The summed E-state index contributed by atoms with van der Waals surface area (Å²) in [4.78, 5) is 12.5. The van der Waals surface area contributed by atoms with E-state index < -0.39 is 0 Å². The van der Waals surface area contributed by atoms with Crippen molar-refractivity contribution in [1.29, 1.82) is 0 Å². The molecular weight excluding hydrogens is 372 g/mol. The van der Waals surface area contributed by atoms with Gasteiger partial charge in [-0.3, -0.25) is 4.79 Å². The van der Waals surface area contributed by atoms with E-state index >= 15 is 0 Å². The zero-order valence-corrected chi connectivity index (χ0v) is 14.8. The summed E-state index contributed by atoms with van der Waals surface area (Å²) in [5.41, 5.74) is 2.23. The summed E-state index contributed by atoms with van der Waals surface area (Å²) in [6, 6.07) is 10.7. The van der Waals surface area contributed by atoms with Crippen molar-refractivity contribution < 1.29 is 19.1 Å². The first-order valence-corrected chi connectivity index (χ1v) is 8.07. The summed E-state index contributed by atoms with van der Waals surface area (Å²) in [7, 11) is 1.47. The van der Waals surface area contributed by atoms with E-state index in [9.17, 15) is 9.90 Å². The first-order valence-electron chi connectivity index (χ1n) is 7.28. The Morgan fingerprint density at radius 1 is 1.29 bits per heavy atom. The molecule has 0 fully saturated rings. The Kier molecular flexibility index (Phi) is 4.44. The molecule has 5 heteroatoms. The number of ketones is 1. The fourth-order valence-electron chi connectivity index (χ4n) is 2.50. The van der Waals surface area contributed by atoms with Crippen LogP contribution in [0.25, 0.3) is 17.0 Å². The van der Waals surface area contributed by atoms with Crippen LogP contribution in [0.3, 0.4) is 0 Å². The average molecular weight is 387 g/mol. The molecule has 1 heterocycles. The van der Waals surface area contributed by atoms with E-state index in [-0.39, 0.29) is 11.5 Å². The van der Waals surface area contributed by atoms with Gasteiger partial charge in [-0.05, 0) is 42.8 Å². The van der Waals surface area contributed by atoms with Gasteiger partial charge in [0.2, 0.25) is 5.78 Å². The lowest BCUT2D eigenvalue weighted by molar-refractivity contribution is 0.102. The van der Waals surface area contributed by atoms with Gasteiger partial charge in [0.25, 0.3) is 0 Å². The van der Waals surface area contributed by atoms with Crippen molar-refractivity contribution in [2.75, 3.05) is 7.11 Å². The molecule has 4 nitrogen and oxygen atoms in total. The summed E-state index contributed by atoms with van der Waals surface area (Å²) in [5, 5.41) is 10.7. The van der Waals surface area contributed by atoms with Crippen molar-refractivity contribution in [3.05, 3.63) is 63.8 Å². The minimum Gasteiger partial charge on any atom is -0.504 e. The number of benzene rings is 2. The molecule has 122 valence electrons. The van der Waals surface area contributed by atoms with E-state index in [1.807, 2.05) is 31.2 Å². The van der Waals surface area contributed by atoms with Gasteiger partial charge in [-0.2, -0.15) is 0 Å². The van der Waals surface area contributed by atoms with E-state index in [1.165, 1.54) is 19.3 Å². The van der Waals surface area contributed by atoms with Crippen LogP contribution in [0.5, 0.6) is 11.5 Å². The lowest BCUT2D eigenvalue weighted by Gasteiger charge is -2.06. The molecule has 0 aliphatic carbocycles. The Bertz CT molecular complexity index is 953. The molecule has 1 aromatic heterocycles. The molecule has 0 amide bonds. The number of phenols is 1.